The highest BCUT2D eigenvalue weighted by Gasteiger charge is 2.43. The van der Waals surface area contributed by atoms with Crippen molar-refractivity contribution in [3.05, 3.63) is 0 Å². The molecule has 0 radical (unpaired) electrons. The lowest BCUT2D eigenvalue weighted by molar-refractivity contribution is -0.0324. The fraction of sp³-hybridized carbons (Fsp3) is 1.00. The maximum Gasteiger partial charge on any atom is 0.0670 e. The normalized spacial score (nSPS) is 30.3. The van der Waals surface area contributed by atoms with Crippen LogP contribution < -0.4 is 5.32 Å². The number of hydrogen-bond donors (Lipinski definition) is 1. The van der Waals surface area contributed by atoms with Crippen LogP contribution in [0.15, 0.2) is 0 Å². The van der Waals surface area contributed by atoms with Gasteiger partial charge in [-0.2, -0.15) is 0 Å². The highest BCUT2D eigenvalue weighted by atomic mass is 16.5. The molecule has 0 aromatic heterocycles. The molecule has 0 amide bonds. The number of piperazine rings is 1. The lowest BCUT2D eigenvalue weighted by Gasteiger charge is -2.53. The van der Waals surface area contributed by atoms with E-state index in [1.807, 2.05) is 7.11 Å². The lowest BCUT2D eigenvalue weighted by atomic mass is 9.77. The van der Waals surface area contributed by atoms with Gasteiger partial charge in [0.15, 0.2) is 0 Å². The zero-order valence-corrected chi connectivity index (χ0v) is 14.0. The molecule has 3 nitrogen and oxygen atoms in total. The van der Waals surface area contributed by atoms with Crippen LogP contribution in [0.5, 0.6) is 0 Å². The Hall–Kier alpha value is -0.120. The van der Waals surface area contributed by atoms with E-state index in [-0.39, 0.29) is 0 Å². The average molecular weight is 282 g/mol. The molecule has 1 spiro atoms. The van der Waals surface area contributed by atoms with E-state index in [0.29, 0.717) is 17.7 Å². The maximum absolute atomic E-state index is 5.55. The Kier molecular flexibility index (Phi) is 5.88. The second kappa shape index (κ2) is 7.24. The number of ether oxygens (including phenoxy) is 1. The molecule has 1 aliphatic heterocycles. The molecule has 0 aromatic carbocycles. The zero-order valence-electron chi connectivity index (χ0n) is 14.0. The molecule has 1 N–H and O–H groups in total. The first kappa shape index (κ1) is 16.3. The van der Waals surface area contributed by atoms with Crippen LogP contribution in [0.3, 0.4) is 0 Å². The molecular weight excluding hydrogens is 248 g/mol. The minimum atomic E-state index is 0.337. The predicted octanol–water partition coefficient (Wildman–Crippen LogP) is 3.04. The summed E-state index contributed by atoms with van der Waals surface area (Å²) < 4.78 is 5.55. The third-order valence-electron chi connectivity index (χ3n) is 5.78. The molecule has 1 saturated carbocycles. The predicted molar refractivity (Wildman–Crippen MR) is 85.1 cm³/mol. The van der Waals surface area contributed by atoms with Crippen molar-refractivity contribution in [2.45, 2.75) is 77.0 Å². The van der Waals surface area contributed by atoms with Crippen molar-refractivity contribution in [1.29, 1.82) is 0 Å². The van der Waals surface area contributed by atoms with Gasteiger partial charge in [0.2, 0.25) is 0 Å². The van der Waals surface area contributed by atoms with Gasteiger partial charge in [-0.15, -0.1) is 0 Å². The van der Waals surface area contributed by atoms with E-state index in [1.165, 1.54) is 51.6 Å². The minimum Gasteiger partial charge on any atom is -0.380 e. The monoisotopic (exact) mass is 282 g/mol. The molecule has 3 atom stereocenters. The second-order valence-electron chi connectivity index (χ2n) is 7.11. The first-order chi connectivity index (χ1) is 9.61. The number of methoxy groups -OCH3 is 1. The Morgan fingerprint density at radius 3 is 2.55 bits per heavy atom. The minimum absolute atomic E-state index is 0.337. The Morgan fingerprint density at radius 2 is 1.95 bits per heavy atom. The molecule has 2 aliphatic rings. The Labute approximate surface area is 125 Å². The van der Waals surface area contributed by atoms with Gasteiger partial charge < -0.3 is 10.1 Å². The van der Waals surface area contributed by atoms with Crippen LogP contribution in [0, 0.1) is 5.92 Å². The van der Waals surface area contributed by atoms with E-state index in [1.54, 1.807) is 0 Å². The first-order valence-corrected chi connectivity index (χ1v) is 8.62. The van der Waals surface area contributed by atoms with Crippen molar-refractivity contribution >= 4 is 0 Å². The SMILES string of the molecule is CCC(C)C1CN(CC(C)OC)C2(CCCCC2)CN1. The van der Waals surface area contributed by atoms with Crippen LogP contribution in [0.1, 0.15) is 59.3 Å². The van der Waals surface area contributed by atoms with Crippen LogP contribution in [-0.2, 0) is 4.74 Å². The topological polar surface area (TPSA) is 24.5 Å². The van der Waals surface area contributed by atoms with E-state index in [4.69, 9.17) is 4.74 Å². The molecule has 0 aromatic rings. The maximum atomic E-state index is 5.55. The highest BCUT2D eigenvalue weighted by Crippen LogP contribution is 2.36. The van der Waals surface area contributed by atoms with Gasteiger partial charge in [-0.1, -0.05) is 39.5 Å². The molecule has 0 bridgehead atoms. The molecule has 1 heterocycles. The van der Waals surface area contributed by atoms with Crippen molar-refractivity contribution in [1.82, 2.24) is 10.2 Å². The van der Waals surface area contributed by atoms with Gasteiger partial charge in [-0.3, -0.25) is 4.90 Å². The van der Waals surface area contributed by atoms with Gasteiger partial charge in [0.25, 0.3) is 0 Å². The van der Waals surface area contributed by atoms with E-state index in [0.717, 1.165) is 12.5 Å². The standard InChI is InChI=1S/C17H34N2O/c1-5-14(2)16-12-19(11-15(3)20-4)17(13-18-16)9-7-6-8-10-17/h14-16,18H,5-13H2,1-4H3. The molecule has 2 rings (SSSR count). The van der Waals surface area contributed by atoms with Crippen LogP contribution in [-0.4, -0.2) is 49.3 Å². The molecule has 3 heteroatoms. The lowest BCUT2D eigenvalue weighted by Crippen LogP contribution is -2.67. The van der Waals surface area contributed by atoms with E-state index >= 15 is 0 Å². The molecule has 118 valence electrons. The summed E-state index contributed by atoms with van der Waals surface area (Å²) in [7, 11) is 1.84. The Bertz CT molecular complexity index is 289. The third-order valence-corrected chi connectivity index (χ3v) is 5.78. The van der Waals surface area contributed by atoms with Crippen molar-refractivity contribution in [2.24, 2.45) is 5.92 Å². The third kappa shape index (κ3) is 3.55. The Balaban J connectivity index is 2.07. The van der Waals surface area contributed by atoms with Crippen LogP contribution in [0.4, 0.5) is 0 Å². The molecular formula is C17H34N2O. The van der Waals surface area contributed by atoms with E-state index in [2.05, 4.69) is 31.0 Å². The summed E-state index contributed by atoms with van der Waals surface area (Å²) in [4.78, 5) is 2.77. The van der Waals surface area contributed by atoms with Crippen molar-refractivity contribution in [3.8, 4) is 0 Å². The van der Waals surface area contributed by atoms with Gasteiger partial charge >= 0.3 is 0 Å². The summed E-state index contributed by atoms with van der Waals surface area (Å²) in [5.74, 6) is 0.760. The number of hydrogen-bond acceptors (Lipinski definition) is 3. The molecule has 3 unspecified atom stereocenters. The van der Waals surface area contributed by atoms with E-state index in [9.17, 15) is 0 Å². The molecule has 2 fully saturated rings. The second-order valence-corrected chi connectivity index (χ2v) is 7.11. The van der Waals surface area contributed by atoms with Crippen LogP contribution in [0.2, 0.25) is 0 Å². The van der Waals surface area contributed by atoms with Gasteiger partial charge in [-0.05, 0) is 25.7 Å². The number of nitrogens with one attached hydrogen (secondary N) is 1. The van der Waals surface area contributed by atoms with Crippen molar-refractivity contribution in [3.63, 3.8) is 0 Å². The molecule has 1 saturated heterocycles. The fourth-order valence-electron chi connectivity index (χ4n) is 3.95. The quantitative estimate of drug-likeness (QED) is 0.839. The Morgan fingerprint density at radius 1 is 1.25 bits per heavy atom. The summed E-state index contributed by atoms with van der Waals surface area (Å²) in [6, 6.07) is 0.650. The summed E-state index contributed by atoms with van der Waals surface area (Å²) in [6.45, 7) is 10.4. The van der Waals surface area contributed by atoms with Crippen LogP contribution >= 0.6 is 0 Å². The number of rotatable bonds is 5. The van der Waals surface area contributed by atoms with Gasteiger partial charge in [0.05, 0.1) is 6.10 Å². The summed E-state index contributed by atoms with van der Waals surface area (Å²) in [6.07, 6.45) is 8.54. The average Bonchev–Trinajstić information content (AvgIpc) is 2.49. The summed E-state index contributed by atoms with van der Waals surface area (Å²) >= 11 is 0. The van der Waals surface area contributed by atoms with Gasteiger partial charge in [0.1, 0.15) is 0 Å². The summed E-state index contributed by atoms with van der Waals surface area (Å²) in [5, 5.41) is 3.87. The van der Waals surface area contributed by atoms with Gasteiger partial charge in [-0.25, -0.2) is 0 Å². The first-order valence-electron chi connectivity index (χ1n) is 8.62. The van der Waals surface area contributed by atoms with Gasteiger partial charge in [0, 0.05) is 38.3 Å². The smallest absolute Gasteiger partial charge is 0.0670 e. The fourth-order valence-corrected chi connectivity index (χ4v) is 3.95. The molecule has 1 aliphatic carbocycles. The largest absolute Gasteiger partial charge is 0.380 e. The molecule has 20 heavy (non-hydrogen) atoms. The zero-order chi connectivity index (χ0) is 14.6. The van der Waals surface area contributed by atoms with Crippen LogP contribution in [0.25, 0.3) is 0 Å². The summed E-state index contributed by atoms with van der Waals surface area (Å²) in [5.41, 5.74) is 0.412. The highest BCUT2D eigenvalue weighted by molar-refractivity contribution is 5.01. The number of nitrogens with zero attached hydrogens (tertiary/aromatic N) is 1. The van der Waals surface area contributed by atoms with E-state index < -0.39 is 0 Å². The van der Waals surface area contributed by atoms with Crippen molar-refractivity contribution < 1.29 is 4.74 Å². The van der Waals surface area contributed by atoms with Crippen molar-refractivity contribution in [2.75, 3.05) is 26.7 Å².